The highest BCUT2D eigenvalue weighted by Gasteiger charge is 2.29. The maximum absolute atomic E-state index is 13.2. The molecule has 0 spiro atoms. The van der Waals surface area contributed by atoms with Crippen LogP contribution in [0.5, 0.6) is 0 Å². The Labute approximate surface area is 174 Å². The van der Waals surface area contributed by atoms with Crippen LogP contribution in [0.15, 0.2) is 65.1 Å². The van der Waals surface area contributed by atoms with E-state index in [9.17, 15) is 13.2 Å². The Kier molecular flexibility index (Phi) is 5.49. The van der Waals surface area contributed by atoms with Gasteiger partial charge in [-0.3, -0.25) is 9.78 Å². The molecule has 1 aliphatic rings. The van der Waals surface area contributed by atoms with Crippen LogP contribution in [0, 0.1) is 0 Å². The van der Waals surface area contributed by atoms with Gasteiger partial charge in [-0.15, -0.1) is 11.3 Å². The lowest BCUT2D eigenvalue weighted by molar-refractivity contribution is 0.0784. The van der Waals surface area contributed by atoms with Crippen LogP contribution in [0.3, 0.4) is 0 Å². The number of amides is 1. The van der Waals surface area contributed by atoms with Crippen molar-refractivity contribution in [2.24, 2.45) is 0 Å². The van der Waals surface area contributed by atoms with E-state index in [0.717, 1.165) is 17.5 Å². The predicted octanol–water partition coefficient (Wildman–Crippen LogP) is 3.16. The van der Waals surface area contributed by atoms with Crippen LogP contribution in [0.2, 0.25) is 0 Å². The number of aromatic nitrogens is 1. The first-order chi connectivity index (χ1) is 13.9. The van der Waals surface area contributed by atoms with Crippen LogP contribution in [-0.2, 0) is 29.5 Å². The van der Waals surface area contributed by atoms with Crippen LogP contribution in [0.4, 0.5) is 0 Å². The van der Waals surface area contributed by atoms with E-state index in [1.807, 2.05) is 23.6 Å². The van der Waals surface area contributed by atoms with Gasteiger partial charge in [-0.1, -0.05) is 12.1 Å². The molecule has 150 valence electrons. The Morgan fingerprint density at radius 2 is 2.10 bits per heavy atom. The minimum atomic E-state index is -3.67. The molecule has 0 radical (unpaired) electrons. The Bertz CT molecular complexity index is 1130. The van der Waals surface area contributed by atoms with Gasteiger partial charge < -0.3 is 4.90 Å². The maximum Gasteiger partial charge on any atom is 0.253 e. The molecule has 2 aromatic heterocycles. The molecule has 1 amide bonds. The van der Waals surface area contributed by atoms with E-state index < -0.39 is 10.0 Å². The summed E-state index contributed by atoms with van der Waals surface area (Å²) in [6, 6.07) is 12.0. The molecule has 3 aromatic rings. The number of benzene rings is 1. The summed E-state index contributed by atoms with van der Waals surface area (Å²) in [6.45, 7) is 1.23. The number of pyridine rings is 1. The van der Waals surface area contributed by atoms with E-state index >= 15 is 0 Å². The number of nitrogens with zero attached hydrogens (tertiary/aromatic N) is 3. The lowest BCUT2D eigenvalue weighted by atomic mass is 10.1. The van der Waals surface area contributed by atoms with E-state index in [1.165, 1.54) is 15.2 Å². The molecule has 0 atom stereocenters. The molecule has 1 aromatic carbocycles. The number of thiophene rings is 1. The van der Waals surface area contributed by atoms with Gasteiger partial charge in [0.25, 0.3) is 5.91 Å². The molecule has 0 saturated heterocycles. The molecular formula is C21H21N3O3S2. The van der Waals surface area contributed by atoms with Crippen molar-refractivity contribution in [2.75, 3.05) is 13.6 Å². The fourth-order valence-electron chi connectivity index (χ4n) is 3.42. The molecule has 6 nitrogen and oxygen atoms in total. The van der Waals surface area contributed by atoms with Gasteiger partial charge in [0.2, 0.25) is 10.0 Å². The molecule has 29 heavy (non-hydrogen) atoms. The van der Waals surface area contributed by atoms with Gasteiger partial charge in [0.05, 0.1) is 4.90 Å². The van der Waals surface area contributed by atoms with Crippen LogP contribution in [-0.4, -0.2) is 42.1 Å². The number of sulfonamides is 1. The molecule has 0 unspecified atom stereocenters. The Hall–Kier alpha value is -2.55. The molecule has 0 aliphatic carbocycles. The van der Waals surface area contributed by atoms with Crippen LogP contribution in [0.25, 0.3) is 0 Å². The van der Waals surface area contributed by atoms with Gasteiger partial charge in [0.15, 0.2) is 0 Å². The average Bonchev–Trinajstić information content (AvgIpc) is 3.22. The second-order valence-electron chi connectivity index (χ2n) is 7.01. The predicted molar refractivity (Wildman–Crippen MR) is 112 cm³/mol. The summed E-state index contributed by atoms with van der Waals surface area (Å²) < 4.78 is 27.8. The fraction of sp³-hybridized carbons (Fsp3) is 0.238. The van der Waals surface area contributed by atoms with Gasteiger partial charge in [0.1, 0.15) is 0 Å². The summed E-state index contributed by atoms with van der Waals surface area (Å²) in [5.41, 5.74) is 2.32. The van der Waals surface area contributed by atoms with Crippen molar-refractivity contribution in [3.8, 4) is 0 Å². The first-order valence-electron chi connectivity index (χ1n) is 9.25. The number of fused-ring (bicyclic) bond motifs is 1. The average molecular weight is 428 g/mol. The zero-order chi connectivity index (χ0) is 20.4. The molecule has 4 rings (SSSR count). The molecule has 0 N–H and O–H groups in total. The third kappa shape index (κ3) is 4.10. The standard InChI is InChI=1S/C21H21N3O3S2/c1-23(14-16-4-3-9-22-13-16)21(25)17-5-2-6-19(12-17)29(26,27)24-10-7-20-18(15-24)8-11-28-20/h2-6,8-9,11-13H,7,10,14-15H2,1H3. The zero-order valence-electron chi connectivity index (χ0n) is 16.0. The van der Waals surface area contributed by atoms with E-state index in [4.69, 9.17) is 0 Å². The highest BCUT2D eigenvalue weighted by molar-refractivity contribution is 7.89. The second-order valence-corrected chi connectivity index (χ2v) is 9.95. The van der Waals surface area contributed by atoms with Crippen LogP contribution in [0.1, 0.15) is 26.4 Å². The molecule has 0 bridgehead atoms. The van der Waals surface area contributed by atoms with Crippen molar-refractivity contribution in [2.45, 2.75) is 24.4 Å². The normalized spacial score (nSPS) is 14.4. The summed E-state index contributed by atoms with van der Waals surface area (Å²) in [7, 11) is -1.97. The van der Waals surface area contributed by atoms with E-state index in [-0.39, 0.29) is 10.8 Å². The lowest BCUT2D eigenvalue weighted by Gasteiger charge is -2.26. The van der Waals surface area contributed by atoms with Gasteiger partial charge >= 0.3 is 0 Å². The molecule has 1 aliphatic heterocycles. The fourth-order valence-corrected chi connectivity index (χ4v) is 5.78. The van der Waals surface area contributed by atoms with Crippen molar-refractivity contribution in [3.05, 3.63) is 81.8 Å². The number of carbonyl (C=O) groups is 1. The number of carbonyl (C=O) groups excluding carboxylic acids is 1. The summed E-state index contributed by atoms with van der Waals surface area (Å²) >= 11 is 1.67. The van der Waals surface area contributed by atoms with Crippen molar-refractivity contribution in [1.82, 2.24) is 14.2 Å². The largest absolute Gasteiger partial charge is 0.337 e. The van der Waals surface area contributed by atoms with Crippen LogP contribution < -0.4 is 0 Å². The Morgan fingerprint density at radius 1 is 1.24 bits per heavy atom. The van der Waals surface area contributed by atoms with Crippen LogP contribution >= 0.6 is 11.3 Å². The highest BCUT2D eigenvalue weighted by Crippen LogP contribution is 2.28. The quantitative estimate of drug-likeness (QED) is 0.627. The van der Waals surface area contributed by atoms with Gasteiger partial charge in [-0.2, -0.15) is 4.31 Å². The summed E-state index contributed by atoms with van der Waals surface area (Å²) in [5, 5.41) is 2.00. The maximum atomic E-state index is 13.2. The van der Waals surface area contributed by atoms with Gasteiger partial charge in [0, 0.05) is 49.5 Å². The van der Waals surface area contributed by atoms with Crippen molar-refractivity contribution in [3.63, 3.8) is 0 Å². The molecule has 0 fully saturated rings. The van der Waals surface area contributed by atoms with E-state index in [0.29, 0.717) is 25.2 Å². The lowest BCUT2D eigenvalue weighted by Crippen LogP contribution is -2.35. The summed E-state index contributed by atoms with van der Waals surface area (Å²) in [6.07, 6.45) is 4.11. The second kappa shape index (κ2) is 8.06. The number of hydrogen-bond donors (Lipinski definition) is 0. The zero-order valence-corrected chi connectivity index (χ0v) is 17.6. The number of rotatable bonds is 5. The third-order valence-electron chi connectivity index (χ3n) is 4.98. The molecule has 8 heteroatoms. The van der Waals surface area contributed by atoms with Gasteiger partial charge in [-0.05, 0) is 53.3 Å². The molecule has 0 saturated carbocycles. The Morgan fingerprint density at radius 3 is 2.90 bits per heavy atom. The van der Waals surface area contributed by atoms with Gasteiger partial charge in [-0.25, -0.2) is 8.42 Å². The van der Waals surface area contributed by atoms with Crippen molar-refractivity contribution in [1.29, 1.82) is 0 Å². The molecular weight excluding hydrogens is 406 g/mol. The van der Waals surface area contributed by atoms with E-state index in [1.54, 1.807) is 53.9 Å². The van der Waals surface area contributed by atoms with Crippen molar-refractivity contribution < 1.29 is 13.2 Å². The third-order valence-corrected chi connectivity index (χ3v) is 7.84. The topological polar surface area (TPSA) is 70.6 Å². The monoisotopic (exact) mass is 427 g/mol. The summed E-state index contributed by atoms with van der Waals surface area (Å²) in [5.74, 6) is -0.232. The SMILES string of the molecule is CN(Cc1cccnc1)C(=O)c1cccc(S(=O)(=O)N2CCc3sccc3C2)c1. The first-order valence-corrected chi connectivity index (χ1v) is 11.6. The first kappa shape index (κ1) is 19.8. The van der Waals surface area contributed by atoms with E-state index in [2.05, 4.69) is 4.98 Å². The molecule has 3 heterocycles. The van der Waals surface area contributed by atoms with Crippen molar-refractivity contribution >= 4 is 27.3 Å². The highest BCUT2D eigenvalue weighted by atomic mass is 32.2. The summed E-state index contributed by atoms with van der Waals surface area (Å²) in [4.78, 5) is 19.8. The minimum Gasteiger partial charge on any atom is -0.337 e. The smallest absolute Gasteiger partial charge is 0.253 e. The number of hydrogen-bond acceptors (Lipinski definition) is 5. The minimum absolute atomic E-state index is 0.150. The Balaban J connectivity index is 1.54.